The minimum absolute atomic E-state index is 0.289. The number of hydrogen-bond donors (Lipinski definition) is 1. The summed E-state index contributed by atoms with van der Waals surface area (Å²) in [5.41, 5.74) is 0.952. The molecule has 0 heterocycles. The third-order valence-corrected chi connectivity index (χ3v) is 2.88. The van der Waals surface area contributed by atoms with E-state index in [1.165, 1.54) is 9.80 Å². The third kappa shape index (κ3) is 4.46. The summed E-state index contributed by atoms with van der Waals surface area (Å²) in [5.74, 6) is -0.262. The highest BCUT2D eigenvalue weighted by atomic mass is 16.5. The first-order valence-corrected chi connectivity index (χ1v) is 6.32. The van der Waals surface area contributed by atoms with E-state index in [0.717, 1.165) is 11.3 Å². The lowest BCUT2D eigenvalue weighted by Gasteiger charge is -2.26. The molecule has 0 aliphatic rings. The van der Waals surface area contributed by atoms with Crippen LogP contribution in [-0.2, 0) is 11.3 Å². The van der Waals surface area contributed by atoms with Gasteiger partial charge in [0.05, 0.1) is 7.11 Å². The smallest absolute Gasteiger partial charge is 0.323 e. The fraction of sp³-hybridized carbons (Fsp3) is 0.429. The number of ether oxygens (including phenoxy) is 1. The number of urea groups is 1. The molecule has 20 heavy (non-hydrogen) atoms. The number of aliphatic carboxylic acids is 1. The Morgan fingerprint density at radius 3 is 2.30 bits per heavy atom. The van der Waals surface area contributed by atoms with Crippen molar-refractivity contribution in [2.45, 2.75) is 13.5 Å². The Kier molecular flexibility index (Phi) is 5.83. The number of rotatable bonds is 6. The van der Waals surface area contributed by atoms with Crippen LogP contribution in [0.4, 0.5) is 4.79 Å². The minimum Gasteiger partial charge on any atom is -0.497 e. The lowest BCUT2D eigenvalue weighted by atomic mass is 10.2. The van der Waals surface area contributed by atoms with Crippen LogP contribution in [0, 0.1) is 0 Å². The van der Waals surface area contributed by atoms with Crippen molar-refractivity contribution in [1.29, 1.82) is 0 Å². The van der Waals surface area contributed by atoms with Crippen LogP contribution in [0.5, 0.6) is 5.75 Å². The highest BCUT2D eigenvalue weighted by Gasteiger charge is 2.18. The Morgan fingerprint density at radius 2 is 1.85 bits per heavy atom. The number of carboxylic acids is 1. The average Bonchev–Trinajstić information content (AvgIpc) is 2.44. The van der Waals surface area contributed by atoms with Gasteiger partial charge in [-0.1, -0.05) is 12.1 Å². The zero-order valence-electron chi connectivity index (χ0n) is 12.0. The molecular weight excluding hydrogens is 260 g/mol. The van der Waals surface area contributed by atoms with Crippen molar-refractivity contribution in [3.05, 3.63) is 29.8 Å². The fourth-order valence-corrected chi connectivity index (χ4v) is 1.79. The van der Waals surface area contributed by atoms with Crippen LogP contribution in [-0.4, -0.2) is 54.2 Å². The van der Waals surface area contributed by atoms with Crippen molar-refractivity contribution < 1.29 is 19.4 Å². The van der Waals surface area contributed by atoms with Gasteiger partial charge in [0.25, 0.3) is 0 Å². The van der Waals surface area contributed by atoms with E-state index >= 15 is 0 Å². The van der Waals surface area contributed by atoms with E-state index < -0.39 is 5.97 Å². The molecule has 1 aromatic rings. The molecule has 1 rings (SSSR count). The average molecular weight is 280 g/mol. The summed E-state index contributed by atoms with van der Waals surface area (Å²) in [5, 5.41) is 8.77. The lowest BCUT2D eigenvalue weighted by molar-refractivity contribution is -0.137. The second-order valence-corrected chi connectivity index (χ2v) is 4.39. The number of carbonyl (C=O) groups is 2. The molecule has 0 spiro atoms. The highest BCUT2D eigenvalue weighted by molar-refractivity contribution is 5.80. The first-order valence-electron chi connectivity index (χ1n) is 6.32. The number of amides is 2. The van der Waals surface area contributed by atoms with Gasteiger partial charge >= 0.3 is 12.0 Å². The zero-order valence-corrected chi connectivity index (χ0v) is 12.0. The van der Waals surface area contributed by atoms with Crippen LogP contribution in [0.3, 0.4) is 0 Å². The van der Waals surface area contributed by atoms with Gasteiger partial charge in [0, 0.05) is 20.1 Å². The van der Waals surface area contributed by atoms with E-state index in [2.05, 4.69) is 0 Å². The highest BCUT2D eigenvalue weighted by Crippen LogP contribution is 2.13. The van der Waals surface area contributed by atoms with Crippen LogP contribution in [0.15, 0.2) is 24.3 Å². The van der Waals surface area contributed by atoms with E-state index in [1.54, 1.807) is 21.1 Å². The molecule has 0 saturated heterocycles. The Morgan fingerprint density at radius 1 is 1.25 bits per heavy atom. The maximum absolute atomic E-state index is 12.1. The van der Waals surface area contributed by atoms with Crippen LogP contribution >= 0.6 is 0 Å². The molecule has 0 unspecified atom stereocenters. The lowest BCUT2D eigenvalue weighted by Crippen LogP contribution is -2.43. The van der Waals surface area contributed by atoms with Gasteiger partial charge in [-0.05, 0) is 24.6 Å². The predicted molar refractivity (Wildman–Crippen MR) is 74.7 cm³/mol. The quantitative estimate of drug-likeness (QED) is 0.860. The molecule has 0 radical (unpaired) electrons. The Hall–Kier alpha value is -2.24. The second-order valence-electron chi connectivity index (χ2n) is 4.39. The van der Waals surface area contributed by atoms with E-state index in [1.807, 2.05) is 24.3 Å². The van der Waals surface area contributed by atoms with Crippen LogP contribution < -0.4 is 4.74 Å². The molecule has 110 valence electrons. The molecule has 0 aromatic heterocycles. The first-order chi connectivity index (χ1) is 9.47. The summed E-state index contributed by atoms with van der Waals surface area (Å²) in [6.45, 7) is 2.24. The summed E-state index contributed by atoms with van der Waals surface area (Å²) in [4.78, 5) is 25.6. The summed E-state index contributed by atoms with van der Waals surface area (Å²) < 4.78 is 5.07. The Bertz CT molecular complexity index is 459. The monoisotopic (exact) mass is 280 g/mol. The van der Waals surface area contributed by atoms with Gasteiger partial charge < -0.3 is 19.6 Å². The maximum atomic E-state index is 12.1. The van der Waals surface area contributed by atoms with E-state index in [4.69, 9.17) is 9.84 Å². The molecule has 0 aliphatic heterocycles. The number of benzene rings is 1. The molecule has 0 bridgehead atoms. The summed E-state index contributed by atoms with van der Waals surface area (Å²) in [7, 11) is 3.24. The van der Waals surface area contributed by atoms with Gasteiger partial charge in [-0.25, -0.2) is 4.79 Å². The van der Waals surface area contributed by atoms with Gasteiger partial charge in [0.1, 0.15) is 12.3 Å². The summed E-state index contributed by atoms with van der Waals surface area (Å²) in [6, 6.07) is 7.09. The number of methoxy groups -OCH3 is 1. The SMILES string of the molecule is CCN(CC(=O)O)C(=O)N(C)Cc1ccc(OC)cc1. The summed E-state index contributed by atoms with van der Waals surface area (Å²) in [6.07, 6.45) is 0. The van der Waals surface area contributed by atoms with Crippen LogP contribution in [0.2, 0.25) is 0 Å². The fourth-order valence-electron chi connectivity index (χ4n) is 1.79. The predicted octanol–water partition coefficient (Wildman–Crippen LogP) is 1.65. The largest absolute Gasteiger partial charge is 0.497 e. The number of carbonyl (C=O) groups excluding carboxylic acids is 1. The van der Waals surface area contributed by atoms with Crippen molar-refractivity contribution in [1.82, 2.24) is 9.80 Å². The van der Waals surface area contributed by atoms with Gasteiger partial charge in [-0.3, -0.25) is 4.79 Å². The molecule has 0 atom stereocenters. The van der Waals surface area contributed by atoms with Gasteiger partial charge in [-0.2, -0.15) is 0 Å². The third-order valence-electron chi connectivity index (χ3n) is 2.88. The van der Waals surface area contributed by atoms with Gasteiger partial charge in [0.15, 0.2) is 0 Å². The van der Waals surface area contributed by atoms with Crippen molar-refractivity contribution in [2.75, 3.05) is 27.2 Å². The molecule has 0 aliphatic carbocycles. The van der Waals surface area contributed by atoms with Crippen molar-refractivity contribution in [3.63, 3.8) is 0 Å². The van der Waals surface area contributed by atoms with E-state index in [-0.39, 0.29) is 12.6 Å². The number of nitrogens with zero attached hydrogens (tertiary/aromatic N) is 2. The zero-order chi connectivity index (χ0) is 15.1. The molecule has 0 fully saturated rings. The maximum Gasteiger partial charge on any atom is 0.323 e. The topological polar surface area (TPSA) is 70.1 Å². The van der Waals surface area contributed by atoms with Gasteiger partial charge in [0.2, 0.25) is 0 Å². The number of hydrogen-bond acceptors (Lipinski definition) is 3. The number of carboxylic acid groups (broad SMARTS) is 1. The normalized spacial score (nSPS) is 9.95. The summed E-state index contributed by atoms with van der Waals surface area (Å²) >= 11 is 0. The standard InChI is InChI=1S/C14H20N2O4/c1-4-16(10-13(17)18)14(19)15(2)9-11-5-7-12(20-3)8-6-11/h5-8H,4,9-10H2,1-3H3,(H,17,18). The number of likely N-dealkylation sites (N-methyl/N-ethyl adjacent to an activating group) is 1. The minimum atomic E-state index is -1.02. The molecule has 2 amide bonds. The molecule has 6 heteroatoms. The molecule has 1 N–H and O–H groups in total. The molecule has 0 saturated carbocycles. The molecular formula is C14H20N2O4. The first kappa shape index (κ1) is 15.8. The van der Waals surface area contributed by atoms with Crippen molar-refractivity contribution >= 4 is 12.0 Å². The van der Waals surface area contributed by atoms with Crippen molar-refractivity contribution in [3.8, 4) is 5.75 Å². The molecule has 6 nitrogen and oxygen atoms in total. The second kappa shape index (κ2) is 7.37. The molecule has 1 aromatic carbocycles. The van der Waals surface area contributed by atoms with Crippen molar-refractivity contribution in [2.24, 2.45) is 0 Å². The van der Waals surface area contributed by atoms with Crippen LogP contribution in [0.1, 0.15) is 12.5 Å². The van der Waals surface area contributed by atoms with E-state index in [0.29, 0.717) is 13.1 Å². The Balaban J connectivity index is 2.65. The Labute approximate surface area is 118 Å². The van der Waals surface area contributed by atoms with E-state index in [9.17, 15) is 9.59 Å². The van der Waals surface area contributed by atoms with Crippen LogP contribution in [0.25, 0.3) is 0 Å². The van der Waals surface area contributed by atoms with Gasteiger partial charge in [-0.15, -0.1) is 0 Å².